The second-order valence-corrected chi connectivity index (χ2v) is 5.86. The summed E-state index contributed by atoms with van der Waals surface area (Å²) >= 11 is 0. The van der Waals surface area contributed by atoms with E-state index in [4.69, 9.17) is 5.73 Å². The van der Waals surface area contributed by atoms with Gasteiger partial charge in [0.15, 0.2) is 0 Å². The van der Waals surface area contributed by atoms with Gasteiger partial charge in [-0.1, -0.05) is 13.8 Å². The van der Waals surface area contributed by atoms with E-state index in [2.05, 4.69) is 24.3 Å². The first-order valence-electron chi connectivity index (χ1n) is 7.05. The van der Waals surface area contributed by atoms with Gasteiger partial charge in [0.1, 0.15) is 0 Å². The second-order valence-electron chi connectivity index (χ2n) is 5.86. The number of aromatic nitrogens is 2. The van der Waals surface area contributed by atoms with Gasteiger partial charge in [0.2, 0.25) is 5.91 Å². The lowest BCUT2D eigenvalue weighted by Crippen LogP contribution is -2.43. The molecule has 0 spiro atoms. The Hall–Kier alpha value is -1.36. The first kappa shape index (κ1) is 14.1. The van der Waals surface area contributed by atoms with Crippen LogP contribution in [-0.4, -0.2) is 21.7 Å². The number of nitrogens with two attached hydrogens (primary N) is 1. The number of nitrogens with one attached hydrogen (secondary N) is 1. The van der Waals surface area contributed by atoms with Crippen molar-refractivity contribution in [3.05, 3.63) is 17.5 Å². The van der Waals surface area contributed by atoms with Crippen molar-refractivity contribution in [3.63, 3.8) is 0 Å². The van der Waals surface area contributed by atoms with Gasteiger partial charge in [-0.15, -0.1) is 0 Å². The predicted octanol–water partition coefficient (Wildman–Crippen LogP) is 1.29. The van der Waals surface area contributed by atoms with Crippen LogP contribution in [0.15, 0.2) is 6.20 Å². The Bertz CT molecular complexity index is 452. The summed E-state index contributed by atoms with van der Waals surface area (Å²) < 4.78 is 1.90. The van der Waals surface area contributed by atoms with Gasteiger partial charge in [-0.3, -0.25) is 9.48 Å². The molecule has 1 heterocycles. The van der Waals surface area contributed by atoms with Crippen LogP contribution in [0.2, 0.25) is 0 Å². The molecule has 3 N–H and O–H groups in total. The molecule has 0 aliphatic heterocycles. The third-order valence-electron chi connectivity index (χ3n) is 3.75. The van der Waals surface area contributed by atoms with Gasteiger partial charge in [0, 0.05) is 18.3 Å². The van der Waals surface area contributed by atoms with Gasteiger partial charge in [-0.05, 0) is 31.6 Å². The summed E-state index contributed by atoms with van der Waals surface area (Å²) in [4.78, 5) is 12.1. The molecule has 1 aliphatic carbocycles. The lowest BCUT2D eigenvalue weighted by molar-refractivity contribution is -0.123. The van der Waals surface area contributed by atoms with Crippen LogP contribution in [0.25, 0.3) is 0 Å². The standard InChI is InChI=1S/C14H24N4O/c1-9(2)7-11(15)14(19)17-12-5-4-6-13-10(12)8-16-18(13)3/h8-9,11-12H,4-7,15H2,1-3H3,(H,17,19)/t11-,12?/m0/s1. The Balaban J connectivity index is 2.02. The maximum Gasteiger partial charge on any atom is 0.237 e. The molecule has 0 radical (unpaired) electrons. The molecule has 1 unspecified atom stereocenters. The van der Waals surface area contributed by atoms with Crippen LogP contribution >= 0.6 is 0 Å². The molecule has 0 bridgehead atoms. The van der Waals surface area contributed by atoms with Crippen LogP contribution in [0.1, 0.15) is 50.4 Å². The third-order valence-corrected chi connectivity index (χ3v) is 3.75. The highest BCUT2D eigenvalue weighted by Crippen LogP contribution is 2.29. The van der Waals surface area contributed by atoms with E-state index >= 15 is 0 Å². The van der Waals surface area contributed by atoms with Crippen LogP contribution in [0.3, 0.4) is 0 Å². The van der Waals surface area contributed by atoms with Crippen molar-refractivity contribution in [2.75, 3.05) is 0 Å². The van der Waals surface area contributed by atoms with Crippen molar-refractivity contribution < 1.29 is 4.79 Å². The molecule has 2 atom stereocenters. The van der Waals surface area contributed by atoms with Crippen molar-refractivity contribution in [2.45, 2.75) is 51.6 Å². The monoisotopic (exact) mass is 264 g/mol. The van der Waals surface area contributed by atoms with Crippen molar-refractivity contribution in [1.29, 1.82) is 0 Å². The summed E-state index contributed by atoms with van der Waals surface area (Å²) in [7, 11) is 1.95. The Morgan fingerprint density at radius 2 is 2.37 bits per heavy atom. The minimum Gasteiger partial charge on any atom is -0.348 e. The van der Waals surface area contributed by atoms with Gasteiger partial charge in [0.05, 0.1) is 18.3 Å². The number of hydrogen-bond donors (Lipinski definition) is 2. The number of carbonyl (C=O) groups is 1. The predicted molar refractivity (Wildman–Crippen MR) is 74.5 cm³/mol. The van der Waals surface area contributed by atoms with Crippen LogP contribution < -0.4 is 11.1 Å². The van der Waals surface area contributed by atoms with Crippen molar-refractivity contribution >= 4 is 5.91 Å². The quantitative estimate of drug-likeness (QED) is 0.860. The zero-order valence-corrected chi connectivity index (χ0v) is 12.0. The molecule has 2 rings (SSSR count). The highest BCUT2D eigenvalue weighted by molar-refractivity contribution is 5.81. The molecule has 1 amide bonds. The first-order valence-corrected chi connectivity index (χ1v) is 7.05. The summed E-state index contributed by atoms with van der Waals surface area (Å²) in [6.45, 7) is 4.15. The molecular formula is C14H24N4O. The molecule has 0 saturated heterocycles. The zero-order chi connectivity index (χ0) is 14.0. The lowest BCUT2D eigenvalue weighted by Gasteiger charge is -2.25. The highest BCUT2D eigenvalue weighted by Gasteiger charge is 2.26. The first-order chi connectivity index (χ1) is 8.99. The average Bonchev–Trinajstić information content (AvgIpc) is 2.71. The molecule has 5 heteroatoms. The van der Waals surface area contributed by atoms with E-state index in [1.54, 1.807) is 0 Å². The Morgan fingerprint density at radius 1 is 1.63 bits per heavy atom. The van der Waals surface area contributed by atoms with Gasteiger partial charge in [-0.2, -0.15) is 5.10 Å². The minimum absolute atomic E-state index is 0.0459. The molecule has 0 aromatic carbocycles. The van der Waals surface area contributed by atoms with Gasteiger partial charge in [0.25, 0.3) is 0 Å². The molecule has 1 aromatic heterocycles. The van der Waals surface area contributed by atoms with Gasteiger partial charge >= 0.3 is 0 Å². The molecule has 0 fully saturated rings. The summed E-state index contributed by atoms with van der Waals surface area (Å²) in [6, 6.07) is -0.342. The summed E-state index contributed by atoms with van der Waals surface area (Å²) in [5, 5.41) is 7.36. The topological polar surface area (TPSA) is 72.9 Å². The maximum absolute atomic E-state index is 12.1. The largest absolute Gasteiger partial charge is 0.348 e. The minimum atomic E-state index is -0.415. The van der Waals surface area contributed by atoms with Crippen molar-refractivity contribution in [1.82, 2.24) is 15.1 Å². The fourth-order valence-corrected chi connectivity index (χ4v) is 2.75. The number of aryl methyl sites for hydroxylation is 1. The van der Waals surface area contributed by atoms with Crippen LogP contribution in [0.4, 0.5) is 0 Å². The maximum atomic E-state index is 12.1. The number of fused-ring (bicyclic) bond motifs is 1. The average molecular weight is 264 g/mol. The fourth-order valence-electron chi connectivity index (χ4n) is 2.75. The van der Waals surface area contributed by atoms with E-state index in [0.717, 1.165) is 31.2 Å². The van der Waals surface area contributed by atoms with Crippen LogP contribution in [0, 0.1) is 5.92 Å². The zero-order valence-electron chi connectivity index (χ0n) is 12.0. The fraction of sp³-hybridized carbons (Fsp3) is 0.714. The smallest absolute Gasteiger partial charge is 0.237 e. The van der Waals surface area contributed by atoms with Crippen molar-refractivity contribution in [2.24, 2.45) is 18.7 Å². The highest BCUT2D eigenvalue weighted by atomic mass is 16.2. The molecule has 106 valence electrons. The van der Waals surface area contributed by atoms with Gasteiger partial charge < -0.3 is 11.1 Å². The molecule has 5 nitrogen and oxygen atoms in total. The Kier molecular flexibility index (Phi) is 4.24. The number of amides is 1. The van der Waals surface area contributed by atoms with E-state index in [1.807, 2.05) is 17.9 Å². The molecule has 1 aromatic rings. The molecule has 1 aliphatic rings. The number of hydrogen-bond acceptors (Lipinski definition) is 3. The normalized spacial score (nSPS) is 20.2. The summed E-state index contributed by atoms with van der Waals surface area (Å²) in [6.07, 6.45) is 5.68. The van der Waals surface area contributed by atoms with E-state index in [0.29, 0.717) is 5.92 Å². The Morgan fingerprint density at radius 3 is 3.05 bits per heavy atom. The molecule has 19 heavy (non-hydrogen) atoms. The summed E-state index contributed by atoms with van der Waals surface area (Å²) in [5.74, 6) is 0.386. The molecule has 0 saturated carbocycles. The number of nitrogens with zero attached hydrogens (tertiary/aromatic N) is 2. The third kappa shape index (κ3) is 3.15. The van der Waals surface area contributed by atoms with E-state index in [-0.39, 0.29) is 11.9 Å². The van der Waals surface area contributed by atoms with E-state index in [1.165, 1.54) is 5.69 Å². The second kappa shape index (κ2) is 5.74. The van der Waals surface area contributed by atoms with Gasteiger partial charge in [-0.25, -0.2) is 0 Å². The number of carbonyl (C=O) groups excluding carboxylic acids is 1. The summed E-state index contributed by atoms with van der Waals surface area (Å²) in [5.41, 5.74) is 8.31. The SMILES string of the molecule is CC(C)C[C@H](N)C(=O)NC1CCCc2c1cnn2C. The van der Waals surface area contributed by atoms with Crippen LogP contribution in [0.5, 0.6) is 0 Å². The Labute approximate surface area is 114 Å². The number of rotatable bonds is 4. The van der Waals surface area contributed by atoms with E-state index in [9.17, 15) is 4.79 Å². The van der Waals surface area contributed by atoms with Crippen molar-refractivity contribution in [3.8, 4) is 0 Å². The van der Waals surface area contributed by atoms with Crippen LogP contribution in [-0.2, 0) is 18.3 Å². The molecular weight excluding hydrogens is 240 g/mol. The van der Waals surface area contributed by atoms with E-state index < -0.39 is 6.04 Å². The lowest BCUT2D eigenvalue weighted by atomic mass is 9.92.